The second kappa shape index (κ2) is 14.2. The molecular weight excluding hydrogens is 619 g/mol. The Bertz CT molecular complexity index is 1510. The number of fused-ring (bicyclic) bond motifs is 3. The third-order valence-corrected chi connectivity index (χ3v) is 7.35. The molecule has 5 aromatic carbocycles. The zero-order chi connectivity index (χ0) is 26.9. The summed E-state index contributed by atoms with van der Waals surface area (Å²) in [5.41, 5.74) is 8.16. The number of halogens is 2. The summed E-state index contributed by atoms with van der Waals surface area (Å²) >= 11 is 0. The number of hydrogen-bond acceptors (Lipinski definition) is 0. The minimum Gasteiger partial charge on any atom is -1.00 e. The van der Waals surface area contributed by atoms with Crippen LogP contribution >= 0.6 is 0 Å². The zero-order valence-corrected chi connectivity index (χ0v) is 28.8. The van der Waals surface area contributed by atoms with Crippen molar-refractivity contribution < 1.29 is 51.0 Å². The SMILES string of the molecule is CC(C)(C)c1cc2c(cc1-c1ccccc1)[cH-]c1cc(-c3ccccc3)c(C(C)(C)C)cc12.[C-]1=CC=CC1.[Cl-].[Cl-].[Zr+4]. The standard InChI is InChI=1S/C33H33.C5H5.2ClH.Zr/c1-32(2,3)30-20-26-24(18-28(30)22-13-9-7-10-14-22)17-25-19-29(23-15-11-8-12-16-23)31(21-27(25)26)33(4,5)6;1-2-4-5-3-1;;;/h7-21H,1-6H3;1-3H,4H2;2*1H;/q2*-1;;;+4/p-2. The van der Waals surface area contributed by atoms with Crippen molar-refractivity contribution in [1.82, 2.24) is 0 Å². The van der Waals surface area contributed by atoms with Crippen LogP contribution in [0.5, 0.6) is 0 Å². The molecule has 0 aromatic heterocycles. The maximum absolute atomic E-state index is 2.99. The molecule has 0 heterocycles. The van der Waals surface area contributed by atoms with E-state index in [4.69, 9.17) is 0 Å². The van der Waals surface area contributed by atoms with Gasteiger partial charge in [-0.15, -0.1) is 46.2 Å². The van der Waals surface area contributed by atoms with E-state index in [1.807, 2.05) is 12.2 Å². The van der Waals surface area contributed by atoms with Gasteiger partial charge >= 0.3 is 26.2 Å². The van der Waals surface area contributed by atoms with Crippen LogP contribution in [0.2, 0.25) is 0 Å². The first kappa shape index (κ1) is 34.9. The normalized spacial score (nSPS) is 12.2. The molecule has 0 fully saturated rings. The molecule has 6 rings (SSSR count). The average molecular weight is 657 g/mol. The fraction of sp³-hybridized carbons (Fsp3) is 0.237. The number of allylic oxidation sites excluding steroid dienone is 4. The second-order valence-electron chi connectivity index (χ2n) is 12.3. The van der Waals surface area contributed by atoms with Crippen LogP contribution in [-0.2, 0) is 37.0 Å². The predicted octanol–water partition coefficient (Wildman–Crippen LogP) is 4.95. The molecule has 1 aliphatic carbocycles. The molecule has 0 nitrogen and oxygen atoms in total. The van der Waals surface area contributed by atoms with Gasteiger partial charge in [0.15, 0.2) is 0 Å². The molecule has 5 aromatic rings. The van der Waals surface area contributed by atoms with Gasteiger partial charge in [-0.05, 0) is 44.2 Å². The molecule has 0 amide bonds. The maximum atomic E-state index is 2.99. The van der Waals surface area contributed by atoms with Gasteiger partial charge in [0.25, 0.3) is 0 Å². The molecule has 0 saturated heterocycles. The summed E-state index contributed by atoms with van der Waals surface area (Å²) < 4.78 is 0. The van der Waals surface area contributed by atoms with Gasteiger partial charge in [0, 0.05) is 0 Å². The van der Waals surface area contributed by atoms with Crippen molar-refractivity contribution in [2.24, 2.45) is 0 Å². The summed E-state index contributed by atoms with van der Waals surface area (Å²) in [6, 6.07) is 33.7. The summed E-state index contributed by atoms with van der Waals surface area (Å²) in [6.45, 7) is 13.9. The first-order chi connectivity index (χ1) is 18.1. The van der Waals surface area contributed by atoms with Crippen molar-refractivity contribution in [1.29, 1.82) is 0 Å². The fourth-order valence-corrected chi connectivity index (χ4v) is 5.40. The minimum atomic E-state index is 0. The van der Waals surface area contributed by atoms with Crippen molar-refractivity contribution in [3.05, 3.63) is 126 Å². The van der Waals surface area contributed by atoms with Crippen molar-refractivity contribution >= 4 is 21.5 Å². The Hall–Kier alpha value is -2.31. The molecule has 0 N–H and O–H groups in total. The largest absolute Gasteiger partial charge is 4.00 e. The van der Waals surface area contributed by atoms with E-state index in [9.17, 15) is 0 Å². The summed E-state index contributed by atoms with van der Waals surface area (Å²) in [5, 5.41) is 5.36. The minimum absolute atomic E-state index is 0. The molecule has 0 atom stereocenters. The molecule has 0 unspecified atom stereocenters. The van der Waals surface area contributed by atoms with Crippen molar-refractivity contribution in [2.75, 3.05) is 0 Å². The van der Waals surface area contributed by atoms with E-state index >= 15 is 0 Å². The first-order valence-corrected chi connectivity index (χ1v) is 13.7. The molecule has 0 saturated carbocycles. The Balaban J connectivity index is 0.000000667. The second-order valence-corrected chi connectivity index (χ2v) is 12.3. The molecule has 41 heavy (non-hydrogen) atoms. The van der Waals surface area contributed by atoms with Gasteiger partial charge in [0.05, 0.1) is 0 Å². The van der Waals surface area contributed by atoms with E-state index in [1.165, 1.54) is 54.9 Å². The summed E-state index contributed by atoms with van der Waals surface area (Å²) in [5.74, 6) is 0. The molecule has 1 aliphatic rings. The molecular formula is C38H38Cl2Zr. The van der Waals surface area contributed by atoms with Gasteiger partial charge in [-0.1, -0.05) is 114 Å². The quantitative estimate of drug-likeness (QED) is 0.236. The maximum Gasteiger partial charge on any atom is 4.00 e. The fourth-order valence-electron chi connectivity index (χ4n) is 5.40. The van der Waals surface area contributed by atoms with E-state index in [-0.39, 0.29) is 61.8 Å². The smallest absolute Gasteiger partial charge is 1.00 e. The van der Waals surface area contributed by atoms with E-state index in [0.29, 0.717) is 0 Å². The molecule has 0 bridgehead atoms. The van der Waals surface area contributed by atoms with E-state index in [0.717, 1.165) is 6.42 Å². The van der Waals surface area contributed by atoms with Crippen molar-refractivity contribution in [2.45, 2.75) is 58.8 Å². The van der Waals surface area contributed by atoms with Crippen LogP contribution in [-0.4, -0.2) is 0 Å². The van der Waals surface area contributed by atoms with Crippen LogP contribution in [0, 0.1) is 6.08 Å². The molecule has 0 spiro atoms. The molecule has 0 radical (unpaired) electrons. The summed E-state index contributed by atoms with van der Waals surface area (Å²) in [7, 11) is 0. The summed E-state index contributed by atoms with van der Waals surface area (Å²) in [4.78, 5) is 0. The Kier molecular flexibility index (Phi) is 12.1. The molecule has 0 aliphatic heterocycles. The van der Waals surface area contributed by atoms with Crippen LogP contribution in [0.25, 0.3) is 43.8 Å². The molecule has 208 valence electrons. The van der Waals surface area contributed by atoms with Gasteiger partial charge in [-0.2, -0.15) is 6.08 Å². The average Bonchev–Trinajstić information content (AvgIpc) is 3.59. The Morgan fingerprint density at radius 2 is 1.02 bits per heavy atom. The van der Waals surface area contributed by atoms with Gasteiger partial charge in [-0.3, -0.25) is 6.08 Å². The predicted molar refractivity (Wildman–Crippen MR) is 167 cm³/mol. The number of hydrogen-bond donors (Lipinski definition) is 0. The van der Waals surface area contributed by atoms with E-state index in [1.54, 1.807) is 0 Å². The summed E-state index contributed by atoms with van der Waals surface area (Å²) in [6.07, 6.45) is 10.0. The van der Waals surface area contributed by atoms with Gasteiger partial charge in [-0.25, -0.2) is 12.2 Å². The monoisotopic (exact) mass is 654 g/mol. The van der Waals surface area contributed by atoms with Crippen molar-refractivity contribution in [3.63, 3.8) is 0 Å². The Morgan fingerprint density at radius 1 is 0.610 bits per heavy atom. The topological polar surface area (TPSA) is 0 Å². The molecule has 3 heteroatoms. The van der Waals surface area contributed by atoms with Gasteiger partial charge < -0.3 is 24.8 Å². The van der Waals surface area contributed by atoms with Crippen LogP contribution in [0.4, 0.5) is 0 Å². The van der Waals surface area contributed by atoms with Crippen molar-refractivity contribution in [3.8, 4) is 22.3 Å². The van der Waals surface area contributed by atoms with Crippen LogP contribution in [0.1, 0.15) is 59.1 Å². The zero-order valence-electron chi connectivity index (χ0n) is 24.9. The van der Waals surface area contributed by atoms with Gasteiger partial charge in [0.1, 0.15) is 0 Å². The Morgan fingerprint density at radius 3 is 1.32 bits per heavy atom. The first-order valence-electron chi connectivity index (χ1n) is 13.7. The van der Waals surface area contributed by atoms with Crippen LogP contribution in [0.15, 0.2) is 109 Å². The van der Waals surface area contributed by atoms with Gasteiger partial charge in [0.2, 0.25) is 0 Å². The van der Waals surface area contributed by atoms with E-state index < -0.39 is 0 Å². The number of rotatable bonds is 2. The Labute approximate surface area is 278 Å². The van der Waals surface area contributed by atoms with Crippen LogP contribution in [0.3, 0.4) is 0 Å². The van der Waals surface area contributed by atoms with Crippen LogP contribution < -0.4 is 24.8 Å². The number of benzene rings is 4. The van der Waals surface area contributed by atoms with E-state index in [2.05, 4.69) is 145 Å². The third kappa shape index (κ3) is 7.75. The third-order valence-electron chi connectivity index (χ3n) is 7.35.